The van der Waals surface area contributed by atoms with E-state index in [0.717, 1.165) is 22.3 Å². The molecule has 0 aromatic rings. The van der Waals surface area contributed by atoms with Gasteiger partial charge in [0.1, 0.15) is 0 Å². The highest BCUT2D eigenvalue weighted by atomic mass is 32.2. The molecule has 3 aliphatic rings. The highest BCUT2D eigenvalue weighted by Gasteiger charge is 2.47. The fourth-order valence-electron chi connectivity index (χ4n) is 6.01. The van der Waals surface area contributed by atoms with Gasteiger partial charge in [-0.3, -0.25) is 0 Å². The molecule has 2 aliphatic carbocycles. The zero-order valence-corrected chi connectivity index (χ0v) is 16.9. The Bertz CT molecular complexity index is 365. The Morgan fingerprint density at radius 2 is 1.58 bits per heavy atom. The molecule has 6 unspecified atom stereocenters. The van der Waals surface area contributed by atoms with Gasteiger partial charge in [0.25, 0.3) is 0 Å². The van der Waals surface area contributed by atoms with Crippen molar-refractivity contribution in [2.45, 2.75) is 114 Å². The lowest BCUT2D eigenvalue weighted by Crippen LogP contribution is -2.49. The van der Waals surface area contributed by atoms with E-state index in [0.29, 0.717) is 11.8 Å². The first kappa shape index (κ1) is 19.1. The van der Waals surface area contributed by atoms with Crippen molar-refractivity contribution in [2.24, 2.45) is 23.7 Å². The second-order valence-corrected chi connectivity index (χ2v) is 10.5. The summed E-state index contributed by atoms with van der Waals surface area (Å²) >= 11 is 2.29. The van der Waals surface area contributed by atoms with Crippen molar-refractivity contribution in [3.8, 4) is 0 Å². The molecule has 0 aromatic carbocycles. The third kappa shape index (κ3) is 4.53. The molecule has 0 radical (unpaired) electrons. The lowest BCUT2D eigenvalue weighted by molar-refractivity contribution is 0.00512. The SMILES string of the molecule is CCCC(CCC)CCC1CCC2SC3CCCCC3C(O)C2C1. The van der Waals surface area contributed by atoms with Crippen LogP contribution < -0.4 is 0 Å². The zero-order valence-electron chi connectivity index (χ0n) is 16.1. The quantitative estimate of drug-likeness (QED) is 0.569. The lowest BCUT2D eigenvalue weighted by atomic mass is 9.70. The standard InChI is InChI=1S/C22H40OS/c1-3-7-16(8-4-2)11-12-17-13-14-21-19(15-17)22(23)18-9-5-6-10-20(18)24-21/h16-23H,3-15H2,1-2H3. The van der Waals surface area contributed by atoms with Crippen LogP contribution in [0.15, 0.2) is 0 Å². The number of aliphatic hydroxyl groups is 1. The van der Waals surface area contributed by atoms with Crippen molar-refractivity contribution >= 4 is 11.8 Å². The van der Waals surface area contributed by atoms with Gasteiger partial charge in [0, 0.05) is 10.5 Å². The molecule has 1 nitrogen and oxygen atoms in total. The Morgan fingerprint density at radius 1 is 0.875 bits per heavy atom. The van der Waals surface area contributed by atoms with Crippen LogP contribution in [0, 0.1) is 23.7 Å². The summed E-state index contributed by atoms with van der Waals surface area (Å²) in [6, 6.07) is 0. The summed E-state index contributed by atoms with van der Waals surface area (Å²) in [6.07, 6.45) is 18.0. The normalized spacial score (nSPS) is 39.5. The van der Waals surface area contributed by atoms with Crippen molar-refractivity contribution in [3.63, 3.8) is 0 Å². The molecule has 0 amide bonds. The molecule has 1 heterocycles. The molecule has 0 bridgehead atoms. The van der Waals surface area contributed by atoms with E-state index in [-0.39, 0.29) is 6.10 Å². The minimum absolute atomic E-state index is 0.0198. The monoisotopic (exact) mass is 352 g/mol. The maximum Gasteiger partial charge on any atom is 0.0617 e. The Balaban J connectivity index is 1.51. The van der Waals surface area contributed by atoms with E-state index < -0.39 is 0 Å². The lowest BCUT2D eigenvalue weighted by Gasteiger charge is -2.50. The molecular formula is C22H40OS. The van der Waals surface area contributed by atoms with E-state index >= 15 is 0 Å². The number of fused-ring (bicyclic) bond motifs is 2. The molecule has 3 fully saturated rings. The maximum atomic E-state index is 11.0. The second kappa shape index (κ2) is 9.31. The first-order valence-corrected chi connectivity index (χ1v) is 12.0. The summed E-state index contributed by atoms with van der Waals surface area (Å²) in [4.78, 5) is 0. The summed E-state index contributed by atoms with van der Waals surface area (Å²) in [5, 5.41) is 12.6. The van der Waals surface area contributed by atoms with Gasteiger partial charge in [0.2, 0.25) is 0 Å². The average molecular weight is 353 g/mol. The molecule has 0 spiro atoms. The Kier molecular flexibility index (Phi) is 7.40. The van der Waals surface area contributed by atoms with Crippen LogP contribution in [0.2, 0.25) is 0 Å². The van der Waals surface area contributed by atoms with Crippen LogP contribution in [-0.4, -0.2) is 21.7 Å². The van der Waals surface area contributed by atoms with Crippen molar-refractivity contribution in [1.29, 1.82) is 0 Å². The summed E-state index contributed by atoms with van der Waals surface area (Å²) in [6.45, 7) is 4.67. The van der Waals surface area contributed by atoms with Gasteiger partial charge < -0.3 is 5.11 Å². The fourth-order valence-corrected chi connectivity index (χ4v) is 8.00. The van der Waals surface area contributed by atoms with E-state index in [9.17, 15) is 5.11 Å². The van der Waals surface area contributed by atoms with Crippen molar-refractivity contribution in [2.75, 3.05) is 0 Å². The van der Waals surface area contributed by atoms with Crippen LogP contribution in [0.25, 0.3) is 0 Å². The zero-order chi connectivity index (χ0) is 16.9. The fraction of sp³-hybridized carbons (Fsp3) is 1.00. The predicted molar refractivity (Wildman–Crippen MR) is 107 cm³/mol. The summed E-state index contributed by atoms with van der Waals surface area (Å²) in [5.74, 6) is 3.10. The van der Waals surface area contributed by atoms with E-state index in [2.05, 4.69) is 25.6 Å². The van der Waals surface area contributed by atoms with Crippen molar-refractivity contribution < 1.29 is 5.11 Å². The number of thioether (sulfide) groups is 1. The molecular weight excluding hydrogens is 312 g/mol. The highest BCUT2D eigenvalue weighted by molar-refractivity contribution is 8.00. The van der Waals surface area contributed by atoms with Gasteiger partial charge in [0.15, 0.2) is 0 Å². The molecule has 2 saturated carbocycles. The molecule has 140 valence electrons. The largest absolute Gasteiger partial charge is 0.392 e. The molecule has 24 heavy (non-hydrogen) atoms. The van der Waals surface area contributed by atoms with E-state index in [1.54, 1.807) is 0 Å². The van der Waals surface area contributed by atoms with Crippen molar-refractivity contribution in [3.05, 3.63) is 0 Å². The first-order valence-electron chi connectivity index (χ1n) is 11.1. The van der Waals surface area contributed by atoms with Gasteiger partial charge in [-0.05, 0) is 55.8 Å². The van der Waals surface area contributed by atoms with Gasteiger partial charge in [0.05, 0.1) is 6.10 Å². The molecule has 1 N–H and O–H groups in total. The number of aliphatic hydroxyl groups excluding tert-OH is 1. The third-order valence-electron chi connectivity index (χ3n) is 7.30. The van der Waals surface area contributed by atoms with Crippen molar-refractivity contribution in [1.82, 2.24) is 0 Å². The summed E-state index contributed by atoms with van der Waals surface area (Å²) < 4.78 is 0. The van der Waals surface area contributed by atoms with E-state index in [1.807, 2.05) is 0 Å². The van der Waals surface area contributed by atoms with E-state index in [1.165, 1.54) is 83.5 Å². The van der Waals surface area contributed by atoms with Gasteiger partial charge in [-0.15, -0.1) is 0 Å². The smallest absolute Gasteiger partial charge is 0.0617 e. The van der Waals surface area contributed by atoms with E-state index in [4.69, 9.17) is 0 Å². The summed E-state index contributed by atoms with van der Waals surface area (Å²) in [7, 11) is 0. The topological polar surface area (TPSA) is 20.2 Å². The number of hydrogen-bond donors (Lipinski definition) is 1. The Morgan fingerprint density at radius 3 is 2.33 bits per heavy atom. The van der Waals surface area contributed by atoms with Gasteiger partial charge in [-0.2, -0.15) is 11.8 Å². The third-order valence-corrected chi connectivity index (χ3v) is 9.17. The molecule has 1 saturated heterocycles. The predicted octanol–water partition coefficient (Wildman–Crippen LogP) is 6.43. The van der Waals surface area contributed by atoms with Crippen LogP contribution in [0.4, 0.5) is 0 Å². The first-order chi connectivity index (χ1) is 11.7. The van der Waals surface area contributed by atoms with Crippen LogP contribution in [0.5, 0.6) is 0 Å². The highest BCUT2D eigenvalue weighted by Crippen LogP contribution is 2.52. The number of rotatable bonds is 7. The number of hydrogen-bond acceptors (Lipinski definition) is 2. The minimum Gasteiger partial charge on any atom is -0.392 e. The minimum atomic E-state index is 0.0198. The van der Waals surface area contributed by atoms with Gasteiger partial charge in [-0.25, -0.2) is 0 Å². The Labute approximate surface area is 154 Å². The molecule has 2 heteroatoms. The van der Waals surface area contributed by atoms with Crippen LogP contribution in [0.3, 0.4) is 0 Å². The second-order valence-electron chi connectivity index (χ2n) is 9.02. The molecule has 0 aromatic heterocycles. The molecule has 6 atom stereocenters. The van der Waals surface area contributed by atoms with Crippen LogP contribution >= 0.6 is 11.8 Å². The molecule has 1 aliphatic heterocycles. The maximum absolute atomic E-state index is 11.0. The Hall–Kier alpha value is 0.310. The molecule has 3 rings (SSSR count). The van der Waals surface area contributed by atoms with Crippen LogP contribution in [0.1, 0.15) is 97.3 Å². The van der Waals surface area contributed by atoms with Crippen LogP contribution in [-0.2, 0) is 0 Å². The van der Waals surface area contributed by atoms with Gasteiger partial charge in [-0.1, -0.05) is 65.2 Å². The average Bonchev–Trinajstić information content (AvgIpc) is 2.60. The summed E-state index contributed by atoms with van der Waals surface area (Å²) in [5.41, 5.74) is 0. The van der Waals surface area contributed by atoms with Gasteiger partial charge >= 0.3 is 0 Å².